The topological polar surface area (TPSA) is 55.2 Å². The Morgan fingerprint density at radius 1 is 1.15 bits per heavy atom. The lowest BCUT2D eigenvalue weighted by Crippen LogP contribution is -2.38. The number of allylic oxidation sites excluding steroid dienone is 2. The van der Waals surface area contributed by atoms with Crippen molar-refractivity contribution in [3.8, 4) is 0 Å². The Kier molecular flexibility index (Phi) is 2.40. The van der Waals surface area contributed by atoms with Crippen molar-refractivity contribution in [1.29, 1.82) is 0 Å². The first-order valence-corrected chi connectivity index (χ1v) is 7.15. The summed E-state index contributed by atoms with van der Waals surface area (Å²) in [5, 5.41) is 0. The lowest BCUT2D eigenvalue weighted by Gasteiger charge is -2.38. The highest BCUT2D eigenvalue weighted by Crippen LogP contribution is 2.49. The second-order valence-corrected chi connectivity index (χ2v) is 6.10. The molecule has 2 bridgehead atoms. The van der Waals surface area contributed by atoms with Crippen molar-refractivity contribution in [1.82, 2.24) is 14.5 Å². The zero-order valence-electron chi connectivity index (χ0n) is 11.4. The summed E-state index contributed by atoms with van der Waals surface area (Å²) in [5.41, 5.74) is 0.894. The van der Waals surface area contributed by atoms with Gasteiger partial charge in [0.2, 0.25) is 11.8 Å². The van der Waals surface area contributed by atoms with Crippen LogP contribution in [0.2, 0.25) is 0 Å². The minimum Gasteiger partial charge on any atom is -0.336 e. The Morgan fingerprint density at radius 2 is 1.75 bits per heavy atom. The number of aryl methyl sites for hydroxylation is 1. The fraction of sp³-hybridized carbons (Fsp3) is 0.533. The van der Waals surface area contributed by atoms with Gasteiger partial charge in [-0.25, -0.2) is 4.98 Å². The van der Waals surface area contributed by atoms with E-state index >= 15 is 0 Å². The van der Waals surface area contributed by atoms with Gasteiger partial charge in [-0.05, 0) is 24.7 Å². The van der Waals surface area contributed by atoms with Gasteiger partial charge in [0.15, 0.2) is 0 Å². The molecule has 3 aliphatic carbocycles. The van der Waals surface area contributed by atoms with E-state index in [-0.39, 0.29) is 35.5 Å². The normalized spacial score (nSPS) is 35.0. The molecule has 4 unspecified atom stereocenters. The molecule has 5 rings (SSSR count). The van der Waals surface area contributed by atoms with Crippen LogP contribution in [0, 0.1) is 23.7 Å². The van der Waals surface area contributed by atoms with Crippen molar-refractivity contribution in [2.24, 2.45) is 30.7 Å². The number of hydrogen-bond donors (Lipinski definition) is 0. The second-order valence-electron chi connectivity index (χ2n) is 6.10. The Morgan fingerprint density at radius 3 is 2.20 bits per heavy atom. The first-order chi connectivity index (χ1) is 9.66. The van der Waals surface area contributed by atoms with E-state index in [2.05, 4.69) is 17.1 Å². The highest BCUT2D eigenvalue weighted by molar-refractivity contribution is 6.05. The van der Waals surface area contributed by atoms with Crippen LogP contribution in [0.1, 0.15) is 18.5 Å². The number of carbonyl (C=O) groups is 2. The molecule has 104 valence electrons. The van der Waals surface area contributed by atoms with Gasteiger partial charge in [-0.2, -0.15) is 0 Å². The molecule has 1 saturated carbocycles. The van der Waals surface area contributed by atoms with Gasteiger partial charge in [-0.3, -0.25) is 14.5 Å². The number of carbonyl (C=O) groups excluding carboxylic acids is 2. The molecule has 1 aromatic rings. The monoisotopic (exact) mass is 271 g/mol. The summed E-state index contributed by atoms with van der Waals surface area (Å²) >= 11 is 0. The van der Waals surface area contributed by atoms with Crippen LogP contribution in [-0.2, 0) is 23.2 Å². The molecule has 20 heavy (non-hydrogen) atoms. The summed E-state index contributed by atoms with van der Waals surface area (Å²) < 4.78 is 1.86. The maximum absolute atomic E-state index is 12.6. The molecule has 1 aliphatic heterocycles. The molecule has 4 aliphatic rings. The Bertz CT molecular complexity index is 586. The van der Waals surface area contributed by atoms with E-state index < -0.39 is 0 Å². The number of aromatic nitrogens is 2. The van der Waals surface area contributed by atoms with Crippen LogP contribution in [0.15, 0.2) is 24.7 Å². The van der Waals surface area contributed by atoms with Crippen LogP contribution in [-0.4, -0.2) is 26.3 Å². The molecule has 0 radical (unpaired) electrons. The SMILES string of the molecule is Cn1cncc1CN1C(=O)C2C3C=CC(CC3)C2C1=O. The molecule has 4 atom stereocenters. The average molecular weight is 271 g/mol. The van der Waals surface area contributed by atoms with Gasteiger partial charge < -0.3 is 4.57 Å². The molecule has 1 saturated heterocycles. The summed E-state index contributed by atoms with van der Waals surface area (Å²) in [6, 6.07) is 0. The second kappa shape index (κ2) is 4.04. The lowest BCUT2D eigenvalue weighted by atomic mass is 9.63. The highest BCUT2D eigenvalue weighted by Gasteiger charge is 2.56. The van der Waals surface area contributed by atoms with Crippen LogP contribution in [0.5, 0.6) is 0 Å². The summed E-state index contributed by atoms with van der Waals surface area (Å²) in [5.74, 6) is 0.329. The predicted octanol–water partition coefficient (Wildman–Crippen LogP) is 1.12. The molecule has 0 spiro atoms. The minimum atomic E-state index is -0.112. The Balaban J connectivity index is 1.65. The van der Waals surface area contributed by atoms with Gasteiger partial charge in [0.25, 0.3) is 0 Å². The molecule has 2 amide bonds. The van der Waals surface area contributed by atoms with Crippen molar-refractivity contribution in [2.45, 2.75) is 19.4 Å². The maximum Gasteiger partial charge on any atom is 0.234 e. The molecule has 2 heterocycles. The van der Waals surface area contributed by atoms with E-state index in [0.29, 0.717) is 6.54 Å². The van der Waals surface area contributed by atoms with E-state index in [1.54, 1.807) is 12.5 Å². The first-order valence-electron chi connectivity index (χ1n) is 7.15. The van der Waals surface area contributed by atoms with Crippen molar-refractivity contribution < 1.29 is 9.59 Å². The Labute approximate surface area is 117 Å². The van der Waals surface area contributed by atoms with Crippen molar-refractivity contribution >= 4 is 11.8 Å². The van der Waals surface area contributed by atoms with Gasteiger partial charge in [0.1, 0.15) is 0 Å². The number of imide groups is 1. The van der Waals surface area contributed by atoms with E-state index in [9.17, 15) is 9.59 Å². The zero-order chi connectivity index (χ0) is 13.9. The maximum atomic E-state index is 12.6. The van der Waals surface area contributed by atoms with E-state index in [0.717, 1.165) is 18.5 Å². The van der Waals surface area contributed by atoms with Gasteiger partial charge in [0.05, 0.1) is 30.4 Å². The standard InChI is InChI=1S/C15H17N3O2/c1-17-8-16-6-11(17)7-18-14(19)12-9-2-3-10(5-4-9)13(12)15(18)20/h2-3,6,8-10,12-13H,4-5,7H2,1H3. The van der Waals surface area contributed by atoms with Crippen molar-refractivity contribution in [2.75, 3.05) is 0 Å². The molecule has 5 nitrogen and oxygen atoms in total. The summed E-state index contributed by atoms with van der Waals surface area (Å²) in [6.07, 6.45) is 9.79. The van der Waals surface area contributed by atoms with E-state index in [1.807, 2.05) is 11.6 Å². The van der Waals surface area contributed by atoms with Gasteiger partial charge in [0, 0.05) is 13.2 Å². The number of rotatable bonds is 2. The van der Waals surface area contributed by atoms with Crippen molar-refractivity contribution in [3.05, 3.63) is 30.4 Å². The number of nitrogens with zero attached hydrogens (tertiary/aromatic N) is 3. The highest BCUT2D eigenvalue weighted by atomic mass is 16.2. The fourth-order valence-corrected chi connectivity index (χ4v) is 3.99. The average Bonchev–Trinajstić information content (AvgIpc) is 2.99. The van der Waals surface area contributed by atoms with Crippen LogP contribution in [0.4, 0.5) is 0 Å². The number of amides is 2. The smallest absolute Gasteiger partial charge is 0.234 e. The molecule has 5 heteroatoms. The summed E-state index contributed by atoms with van der Waals surface area (Å²) in [7, 11) is 1.88. The van der Waals surface area contributed by atoms with Gasteiger partial charge >= 0.3 is 0 Å². The number of imidazole rings is 1. The molecular formula is C15H17N3O2. The van der Waals surface area contributed by atoms with Crippen LogP contribution >= 0.6 is 0 Å². The third kappa shape index (κ3) is 1.46. The largest absolute Gasteiger partial charge is 0.336 e. The molecule has 1 aromatic heterocycles. The molecule has 0 N–H and O–H groups in total. The first kappa shape index (κ1) is 11.9. The van der Waals surface area contributed by atoms with Gasteiger partial charge in [-0.15, -0.1) is 0 Å². The minimum absolute atomic E-state index is 0.0141. The number of fused-ring (bicyclic) bond motifs is 1. The van der Waals surface area contributed by atoms with Crippen LogP contribution < -0.4 is 0 Å². The summed E-state index contributed by atoms with van der Waals surface area (Å²) in [4.78, 5) is 30.7. The zero-order valence-corrected chi connectivity index (χ0v) is 11.4. The lowest BCUT2D eigenvalue weighted by molar-refractivity contribution is -0.140. The van der Waals surface area contributed by atoms with Gasteiger partial charge in [-0.1, -0.05) is 12.2 Å². The molecular weight excluding hydrogens is 254 g/mol. The quantitative estimate of drug-likeness (QED) is 0.598. The van der Waals surface area contributed by atoms with E-state index in [4.69, 9.17) is 0 Å². The number of hydrogen-bond acceptors (Lipinski definition) is 3. The molecule has 2 fully saturated rings. The number of likely N-dealkylation sites (tertiary alicyclic amines) is 1. The fourth-order valence-electron chi connectivity index (χ4n) is 3.99. The third-order valence-electron chi connectivity index (χ3n) is 5.09. The van der Waals surface area contributed by atoms with E-state index in [1.165, 1.54) is 4.90 Å². The predicted molar refractivity (Wildman–Crippen MR) is 71.1 cm³/mol. The Hall–Kier alpha value is -1.91. The molecule has 0 aromatic carbocycles. The van der Waals surface area contributed by atoms with Crippen molar-refractivity contribution in [3.63, 3.8) is 0 Å². The van der Waals surface area contributed by atoms with Crippen LogP contribution in [0.3, 0.4) is 0 Å². The summed E-state index contributed by atoms with van der Waals surface area (Å²) in [6.45, 7) is 0.348. The van der Waals surface area contributed by atoms with Crippen LogP contribution in [0.25, 0.3) is 0 Å². The third-order valence-corrected chi connectivity index (χ3v) is 5.09.